The normalized spacial score (nSPS) is 11.5. The minimum absolute atomic E-state index is 0.376. The molecule has 0 fully saturated rings. The van der Waals surface area contributed by atoms with E-state index < -0.39 is 5.60 Å². The summed E-state index contributed by atoms with van der Waals surface area (Å²) in [5.41, 5.74) is 1.72. The van der Waals surface area contributed by atoms with Gasteiger partial charge in [-0.1, -0.05) is 0 Å². The molecule has 0 aliphatic carbocycles. The Morgan fingerprint density at radius 1 is 1.42 bits per heavy atom. The number of ether oxygens (including phenoxy) is 1. The second-order valence-electron chi connectivity index (χ2n) is 5.51. The van der Waals surface area contributed by atoms with Gasteiger partial charge in [0.05, 0.1) is 5.69 Å². The highest BCUT2D eigenvalue weighted by Crippen LogP contribution is 2.18. The number of nitrogens with one attached hydrogen (secondary N) is 1. The fraction of sp³-hybridized carbons (Fsp3) is 0.692. The number of hydrogen-bond donors (Lipinski definition) is 1. The molecule has 1 rings (SSSR count). The van der Waals surface area contributed by atoms with Crippen LogP contribution in [0, 0.1) is 13.8 Å². The molecule has 0 unspecified atom stereocenters. The van der Waals surface area contributed by atoms with E-state index in [4.69, 9.17) is 4.74 Å². The van der Waals surface area contributed by atoms with Crippen molar-refractivity contribution in [2.24, 2.45) is 0 Å². The average Bonchev–Trinajstić information content (AvgIpc) is 2.50. The number of alkyl carbamates (subject to hydrolysis) is 1. The van der Waals surface area contributed by atoms with Gasteiger partial charge in [-0.2, -0.15) is 5.10 Å². The SMILES string of the molecule is Cc1nn(CCCNC(=O)OC(C)(C)C)c(Br)c1C. The smallest absolute Gasteiger partial charge is 0.407 e. The summed E-state index contributed by atoms with van der Waals surface area (Å²) in [5, 5.41) is 7.14. The minimum atomic E-state index is -0.455. The van der Waals surface area contributed by atoms with Crippen molar-refractivity contribution < 1.29 is 9.53 Å². The molecule has 108 valence electrons. The number of halogens is 1. The van der Waals surface area contributed by atoms with Crippen molar-refractivity contribution in [3.05, 3.63) is 15.9 Å². The molecule has 0 saturated heterocycles. The first-order valence-electron chi connectivity index (χ1n) is 6.37. The van der Waals surface area contributed by atoms with E-state index in [-0.39, 0.29) is 6.09 Å². The highest BCUT2D eigenvalue weighted by molar-refractivity contribution is 9.10. The molecule has 0 spiro atoms. The minimum Gasteiger partial charge on any atom is -0.444 e. The largest absolute Gasteiger partial charge is 0.444 e. The van der Waals surface area contributed by atoms with Crippen LogP contribution in [0.1, 0.15) is 38.4 Å². The number of nitrogens with zero attached hydrogens (tertiary/aromatic N) is 2. The molecule has 1 heterocycles. The van der Waals surface area contributed by atoms with Gasteiger partial charge in [-0.15, -0.1) is 0 Å². The third-order valence-corrected chi connectivity index (χ3v) is 3.57. The molecule has 0 bridgehead atoms. The van der Waals surface area contributed by atoms with E-state index in [1.807, 2.05) is 39.3 Å². The lowest BCUT2D eigenvalue weighted by atomic mass is 10.2. The Hall–Kier alpha value is -1.04. The lowest BCUT2D eigenvalue weighted by Crippen LogP contribution is -2.33. The van der Waals surface area contributed by atoms with Gasteiger partial charge in [-0.05, 0) is 57.0 Å². The lowest BCUT2D eigenvalue weighted by molar-refractivity contribution is 0.0526. The highest BCUT2D eigenvalue weighted by atomic mass is 79.9. The van der Waals surface area contributed by atoms with Gasteiger partial charge in [-0.3, -0.25) is 4.68 Å². The number of aromatic nitrogens is 2. The molecule has 0 saturated carbocycles. The monoisotopic (exact) mass is 331 g/mol. The van der Waals surface area contributed by atoms with Gasteiger partial charge in [0.1, 0.15) is 10.2 Å². The maximum absolute atomic E-state index is 11.4. The highest BCUT2D eigenvalue weighted by Gasteiger charge is 2.15. The third-order valence-electron chi connectivity index (χ3n) is 2.56. The van der Waals surface area contributed by atoms with Crippen LogP contribution in [0.2, 0.25) is 0 Å². The van der Waals surface area contributed by atoms with Crippen molar-refractivity contribution in [3.8, 4) is 0 Å². The molecule has 0 atom stereocenters. The number of rotatable bonds is 4. The van der Waals surface area contributed by atoms with E-state index in [9.17, 15) is 4.79 Å². The van der Waals surface area contributed by atoms with Crippen LogP contribution in [0.15, 0.2) is 4.60 Å². The Morgan fingerprint density at radius 3 is 2.53 bits per heavy atom. The fourth-order valence-electron chi connectivity index (χ4n) is 1.52. The average molecular weight is 332 g/mol. The van der Waals surface area contributed by atoms with Crippen molar-refractivity contribution in [1.29, 1.82) is 0 Å². The Bertz CT molecular complexity index is 449. The van der Waals surface area contributed by atoms with Crippen LogP contribution in [0.3, 0.4) is 0 Å². The van der Waals surface area contributed by atoms with Crippen molar-refractivity contribution in [3.63, 3.8) is 0 Å². The molecule has 1 aromatic rings. The summed E-state index contributed by atoms with van der Waals surface area (Å²) < 4.78 is 8.06. The maximum Gasteiger partial charge on any atom is 0.407 e. The molecule has 0 aliphatic rings. The molecular weight excluding hydrogens is 310 g/mol. The first-order valence-corrected chi connectivity index (χ1v) is 7.16. The standard InChI is InChI=1S/C13H22BrN3O2/c1-9-10(2)16-17(11(9)14)8-6-7-15-12(18)19-13(3,4)5/h6-8H2,1-5H3,(H,15,18). The van der Waals surface area contributed by atoms with E-state index in [2.05, 4.69) is 26.3 Å². The number of hydrogen-bond acceptors (Lipinski definition) is 3. The van der Waals surface area contributed by atoms with Crippen LogP contribution >= 0.6 is 15.9 Å². The van der Waals surface area contributed by atoms with Gasteiger partial charge in [0.15, 0.2) is 0 Å². The molecule has 0 aliphatic heterocycles. The lowest BCUT2D eigenvalue weighted by Gasteiger charge is -2.19. The summed E-state index contributed by atoms with van der Waals surface area (Å²) in [6.07, 6.45) is 0.428. The summed E-state index contributed by atoms with van der Waals surface area (Å²) in [5.74, 6) is 0. The first kappa shape index (κ1) is 16.0. The van der Waals surface area contributed by atoms with Gasteiger partial charge in [0, 0.05) is 18.7 Å². The van der Waals surface area contributed by atoms with Crippen LogP contribution in [0.4, 0.5) is 4.79 Å². The summed E-state index contributed by atoms with van der Waals surface area (Å²) in [6.45, 7) is 10.9. The zero-order valence-electron chi connectivity index (χ0n) is 12.2. The Labute approximate surface area is 122 Å². The maximum atomic E-state index is 11.4. The van der Waals surface area contributed by atoms with E-state index in [1.165, 1.54) is 0 Å². The Balaban J connectivity index is 2.31. The molecule has 5 nitrogen and oxygen atoms in total. The van der Waals surface area contributed by atoms with Crippen LogP contribution < -0.4 is 5.32 Å². The third kappa shape index (κ3) is 5.22. The molecule has 0 aromatic carbocycles. The molecule has 6 heteroatoms. The molecule has 1 amide bonds. The van der Waals surface area contributed by atoms with Crippen LogP contribution in [-0.4, -0.2) is 28.0 Å². The summed E-state index contributed by atoms with van der Waals surface area (Å²) >= 11 is 3.51. The van der Waals surface area contributed by atoms with E-state index >= 15 is 0 Å². The summed E-state index contributed by atoms with van der Waals surface area (Å²) in [4.78, 5) is 11.4. The van der Waals surface area contributed by atoms with E-state index in [0.29, 0.717) is 6.54 Å². The van der Waals surface area contributed by atoms with Crippen LogP contribution in [0.25, 0.3) is 0 Å². The molecule has 1 aromatic heterocycles. The topological polar surface area (TPSA) is 56.2 Å². The zero-order chi connectivity index (χ0) is 14.6. The molecule has 1 N–H and O–H groups in total. The number of amides is 1. The van der Waals surface area contributed by atoms with Gasteiger partial charge >= 0.3 is 6.09 Å². The number of aryl methyl sites for hydroxylation is 2. The predicted octanol–water partition coefficient (Wildman–Crippen LogP) is 3.18. The van der Waals surface area contributed by atoms with Gasteiger partial charge in [0.2, 0.25) is 0 Å². The second-order valence-corrected chi connectivity index (χ2v) is 6.26. The number of carbonyl (C=O) groups excluding carboxylic acids is 1. The quantitative estimate of drug-likeness (QED) is 0.862. The predicted molar refractivity (Wildman–Crippen MR) is 78.3 cm³/mol. The van der Waals surface area contributed by atoms with E-state index in [0.717, 1.165) is 28.8 Å². The molecular formula is C13H22BrN3O2. The van der Waals surface area contributed by atoms with Gasteiger partial charge < -0.3 is 10.1 Å². The second kappa shape index (κ2) is 6.41. The molecule has 0 radical (unpaired) electrons. The summed E-state index contributed by atoms with van der Waals surface area (Å²) in [6, 6.07) is 0. The molecule has 19 heavy (non-hydrogen) atoms. The van der Waals surface area contributed by atoms with Crippen molar-refractivity contribution in [2.45, 2.75) is 53.2 Å². The summed E-state index contributed by atoms with van der Waals surface area (Å²) in [7, 11) is 0. The first-order chi connectivity index (χ1) is 8.70. The number of carbonyl (C=O) groups is 1. The Kier molecular flexibility index (Phi) is 5.40. The van der Waals surface area contributed by atoms with E-state index in [1.54, 1.807) is 0 Å². The Morgan fingerprint density at radius 2 is 2.05 bits per heavy atom. The fourth-order valence-corrected chi connectivity index (χ4v) is 2.07. The van der Waals surface area contributed by atoms with Crippen LogP contribution in [-0.2, 0) is 11.3 Å². The van der Waals surface area contributed by atoms with Gasteiger partial charge in [0.25, 0.3) is 0 Å². The van der Waals surface area contributed by atoms with Crippen LogP contribution in [0.5, 0.6) is 0 Å². The van der Waals surface area contributed by atoms with Crippen molar-refractivity contribution in [1.82, 2.24) is 15.1 Å². The van der Waals surface area contributed by atoms with Gasteiger partial charge in [-0.25, -0.2) is 4.79 Å². The van der Waals surface area contributed by atoms with Crippen molar-refractivity contribution in [2.75, 3.05) is 6.54 Å². The van der Waals surface area contributed by atoms with Crippen molar-refractivity contribution >= 4 is 22.0 Å². The zero-order valence-corrected chi connectivity index (χ0v) is 13.8.